The second-order valence-electron chi connectivity index (χ2n) is 7.96. The first-order valence-electron chi connectivity index (χ1n) is 9.80. The molecule has 3 unspecified atom stereocenters. The van der Waals surface area contributed by atoms with Gasteiger partial charge in [0.25, 0.3) is 0 Å². The molecule has 0 aromatic heterocycles. The summed E-state index contributed by atoms with van der Waals surface area (Å²) in [7, 11) is -3.99. The quantitative estimate of drug-likeness (QED) is 0.712. The van der Waals surface area contributed by atoms with Crippen LogP contribution in [0.4, 0.5) is 17.6 Å². The van der Waals surface area contributed by atoms with Crippen molar-refractivity contribution in [2.24, 2.45) is 11.8 Å². The van der Waals surface area contributed by atoms with Crippen LogP contribution >= 0.6 is 0 Å². The Hall–Kier alpha value is -1.97. The van der Waals surface area contributed by atoms with Gasteiger partial charge in [-0.1, -0.05) is 18.2 Å². The fourth-order valence-electron chi connectivity index (χ4n) is 4.51. The molecule has 162 valence electrons. The average Bonchev–Trinajstić information content (AvgIpc) is 3.29. The maximum absolute atomic E-state index is 13.0. The summed E-state index contributed by atoms with van der Waals surface area (Å²) in [6, 6.07) is 10.2. The van der Waals surface area contributed by atoms with E-state index in [9.17, 15) is 26.0 Å². The van der Waals surface area contributed by atoms with Crippen molar-refractivity contribution < 1.29 is 26.0 Å². The van der Waals surface area contributed by atoms with Crippen molar-refractivity contribution in [3.05, 3.63) is 65.5 Å². The zero-order chi connectivity index (χ0) is 21.5. The second kappa shape index (κ2) is 7.94. The third kappa shape index (κ3) is 4.24. The van der Waals surface area contributed by atoms with Gasteiger partial charge < -0.3 is 5.32 Å². The Kier molecular flexibility index (Phi) is 5.63. The molecule has 0 amide bonds. The Morgan fingerprint density at radius 1 is 1.03 bits per heavy atom. The summed E-state index contributed by atoms with van der Waals surface area (Å²) in [5.41, 5.74) is -0.0342. The molecule has 2 aromatic rings. The molecular weight excluding hydrogens is 420 g/mol. The summed E-state index contributed by atoms with van der Waals surface area (Å²) >= 11 is 0. The molecule has 1 saturated heterocycles. The largest absolute Gasteiger partial charge is 0.416 e. The van der Waals surface area contributed by atoms with Crippen LogP contribution in [0.5, 0.6) is 0 Å². The molecule has 2 aromatic carbocycles. The molecule has 0 radical (unpaired) electrons. The number of benzene rings is 2. The van der Waals surface area contributed by atoms with Gasteiger partial charge >= 0.3 is 6.18 Å². The number of sulfonamides is 1. The van der Waals surface area contributed by atoms with E-state index in [1.54, 1.807) is 12.1 Å². The van der Waals surface area contributed by atoms with Crippen molar-refractivity contribution in [3.8, 4) is 0 Å². The molecule has 0 spiro atoms. The molecule has 2 aliphatic rings. The van der Waals surface area contributed by atoms with E-state index in [1.807, 2.05) is 0 Å². The summed E-state index contributed by atoms with van der Waals surface area (Å²) in [5, 5.41) is 3.44. The molecule has 2 fully saturated rings. The number of hydrogen-bond donors (Lipinski definition) is 1. The number of alkyl halides is 3. The van der Waals surface area contributed by atoms with Crippen molar-refractivity contribution in [2.45, 2.75) is 36.5 Å². The van der Waals surface area contributed by atoms with Crippen LogP contribution < -0.4 is 5.32 Å². The number of nitrogens with one attached hydrogen (secondary N) is 1. The lowest BCUT2D eigenvalue weighted by Crippen LogP contribution is -2.36. The molecule has 1 heterocycles. The van der Waals surface area contributed by atoms with E-state index >= 15 is 0 Å². The van der Waals surface area contributed by atoms with Crippen LogP contribution in [0, 0.1) is 17.7 Å². The Balaban J connectivity index is 1.45. The lowest BCUT2D eigenvalue weighted by Gasteiger charge is -2.22. The molecule has 4 nitrogen and oxygen atoms in total. The minimum absolute atomic E-state index is 0.103. The predicted molar refractivity (Wildman–Crippen MR) is 103 cm³/mol. The highest BCUT2D eigenvalue weighted by Crippen LogP contribution is 2.40. The van der Waals surface area contributed by atoms with Crippen molar-refractivity contribution in [3.63, 3.8) is 0 Å². The third-order valence-corrected chi connectivity index (χ3v) is 7.93. The number of hydrogen-bond acceptors (Lipinski definition) is 3. The summed E-state index contributed by atoms with van der Waals surface area (Å²) in [6.45, 7) is 1.15. The smallest absolute Gasteiger partial charge is 0.310 e. The molecule has 0 bridgehead atoms. The van der Waals surface area contributed by atoms with Crippen molar-refractivity contribution in [1.82, 2.24) is 9.62 Å². The van der Waals surface area contributed by atoms with Gasteiger partial charge in [-0.15, -0.1) is 0 Å². The van der Waals surface area contributed by atoms with Gasteiger partial charge in [0.15, 0.2) is 0 Å². The molecule has 1 aliphatic heterocycles. The summed E-state index contributed by atoms with van der Waals surface area (Å²) in [5.74, 6) is -0.0202. The highest BCUT2D eigenvalue weighted by molar-refractivity contribution is 7.89. The lowest BCUT2D eigenvalue weighted by atomic mass is 9.97. The highest BCUT2D eigenvalue weighted by atomic mass is 32.2. The number of rotatable bonds is 5. The molecule has 1 aliphatic carbocycles. The van der Waals surface area contributed by atoms with Crippen LogP contribution in [0.3, 0.4) is 0 Å². The van der Waals surface area contributed by atoms with Gasteiger partial charge in [-0.2, -0.15) is 17.5 Å². The van der Waals surface area contributed by atoms with Crippen LogP contribution in [0.25, 0.3) is 0 Å². The Labute approximate surface area is 172 Å². The first kappa shape index (κ1) is 21.3. The van der Waals surface area contributed by atoms with Crippen LogP contribution in [0.15, 0.2) is 53.4 Å². The molecule has 4 rings (SSSR count). The summed E-state index contributed by atoms with van der Waals surface area (Å²) in [6.07, 6.45) is -2.82. The number of halogens is 4. The zero-order valence-electron chi connectivity index (χ0n) is 16.1. The normalized spacial score (nSPS) is 24.9. The monoisotopic (exact) mass is 442 g/mol. The maximum atomic E-state index is 13.0. The first-order chi connectivity index (χ1) is 14.1. The van der Waals surface area contributed by atoms with E-state index in [0.29, 0.717) is 19.2 Å². The third-order valence-electron chi connectivity index (χ3n) is 6.10. The van der Waals surface area contributed by atoms with E-state index in [4.69, 9.17) is 0 Å². The molecule has 1 saturated carbocycles. The first-order valence-corrected chi connectivity index (χ1v) is 11.2. The van der Waals surface area contributed by atoms with Crippen LogP contribution in [-0.4, -0.2) is 31.9 Å². The number of nitrogens with zero attached hydrogens (tertiary/aromatic N) is 1. The van der Waals surface area contributed by atoms with Crippen LogP contribution in [-0.2, 0) is 22.7 Å². The summed E-state index contributed by atoms with van der Waals surface area (Å²) < 4.78 is 79.2. The van der Waals surface area contributed by atoms with Gasteiger partial charge in [0.1, 0.15) is 5.82 Å². The van der Waals surface area contributed by atoms with E-state index < -0.39 is 21.8 Å². The van der Waals surface area contributed by atoms with Crippen LogP contribution in [0.1, 0.15) is 24.0 Å². The molecule has 3 atom stereocenters. The van der Waals surface area contributed by atoms with Gasteiger partial charge in [0, 0.05) is 25.7 Å². The van der Waals surface area contributed by atoms with Crippen molar-refractivity contribution in [1.29, 1.82) is 0 Å². The second-order valence-corrected chi connectivity index (χ2v) is 9.90. The van der Waals surface area contributed by atoms with Crippen molar-refractivity contribution >= 4 is 10.0 Å². The standard InChI is InChI=1S/C21H22F4N2O2S/c22-17-7-4-14(5-8-17)11-26-20-9-6-15-12-27(13-19(15)20)30(28,29)18-3-1-2-16(10-18)21(23,24)25/h1-5,7-8,10,15,19-20,26H,6,9,11-13H2. The number of fused-ring (bicyclic) bond motifs is 1. The van der Waals surface area contributed by atoms with E-state index in [0.717, 1.165) is 30.5 Å². The minimum atomic E-state index is -4.59. The molecular formula is C21H22F4N2O2S. The molecule has 1 N–H and O–H groups in total. The van der Waals surface area contributed by atoms with Gasteiger partial charge in [0.05, 0.1) is 10.5 Å². The Bertz CT molecular complexity index is 1010. The van der Waals surface area contributed by atoms with Gasteiger partial charge in [-0.25, -0.2) is 12.8 Å². The van der Waals surface area contributed by atoms with E-state index in [-0.39, 0.29) is 35.1 Å². The van der Waals surface area contributed by atoms with E-state index in [1.165, 1.54) is 22.5 Å². The maximum Gasteiger partial charge on any atom is 0.416 e. The SMILES string of the molecule is O=S(=O)(c1cccc(C(F)(F)F)c1)N1CC2CCC(NCc3ccc(F)cc3)C2C1. The predicted octanol–water partition coefficient (Wildman–Crippen LogP) is 4.03. The average molecular weight is 442 g/mol. The van der Waals surface area contributed by atoms with Gasteiger partial charge in [-0.05, 0) is 60.6 Å². The lowest BCUT2D eigenvalue weighted by molar-refractivity contribution is -0.137. The molecule has 30 heavy (non-hydrogen) atoms. The zero-order valence-corrected chi connectivity index (χ0v) is 16.9. The highest BCUT2D eigenvalue weighted by Gasteiger charge is 2.46. The van der Waals surface area contributed by atoms with E-state index in [2.05, 4.69) is 5.32 Å². The topological polar surface area (TPSA) is 49.4 Å². The Morgan fingerprint density at radius 2 is 1.77 bits per heavy atom. The molecule has 9 heteroatoms. The Morgan fingerprint density at radius 3 is 2.47 bits per heavy atom. The van der Waals surface area contributed by atoms with Gasteiger partial charge in [-0.3, -0.25) is 0 Å². The van der Waals surface area contributed by atoms with Gasteiger partial charge in [0.2, 0.25) is 10.0 Å². The fourth-order valence-corrected chi connectivity index (χ4v) is 6.09. The van der Waals surface area contributed by atoms with Crippen molar-refractivity contribution in [2.75, 3.05) is 13.1 Å². The summed E-state index contributed by atoms with van der Waals surface area (Å²) in [4.78, 5) is -0.326. The minimum Gasteiger partial charge on any atom is -0.310 e. The fraction of sp³-hybridized carbons (Fsp3) is 0.429. The van der Waals surface area contributed by atoms with Crippen LogP contribution in [0.2, 0.25) is 0 Å².